The van der Waals surface area contributed by atoms with Crippen LogP contribution in [0.3, 0.4) is 0 Å². The lowest BCUT2D eigenvalue weighted by Gasteiger charge is -2.14. The maximum Gasteiger partial charge on any atom is 0.261 e. The Hall–Kier alpha value is -3.12. The standard InChI is InChI=1S/C24H23N3O2S/c1-16(22(28)25-13-12-17-8-4-3-5-9-17)30-24-26-21-15-19-11-7-6-10-18(19)14-20(21)23(29)27(24)2/h3-11,14-16H,12-13H2,1-2H3,(H,25,28)/t16-/m0/s1. The van der Waals surface area contributed by atoms with Gasteiger partial charge in [0.15, 0.2) is 5.16 Å². The lowest BCUT2D eigenvalue weighted by molar-refractivity contribution is -0.120. The van der Waals surface area contributed by atoms with E-state index in [1.54, 1.807) is 7.05 Å². The summed E-state index contributed by atoms with van der Waals surface area (Å²) in [5, 5.41) is 5.77. The summed E-state index contributed by atoms with van der Waals surface area (Å²) >= 11 is 1.30. The van der Waals surface area contributed by atoms with Gasteiger partial charge in [0.05, 0.1) is 16.2 Å². The lowest BCUT2D eigenvalue weighted by Crippen LogP contribution is -2.33. The van der Waals surface area contributed by atoms with Crippen molar-refractivity contribution in [3.63, 3.8) is 0 Å². The molecule has 1 aromatic heterocycles. The molecule has 6 heteroatoms. The molecule has 0 spiro atoms. The summed E-state index contributed by atoms with van der Waals surface area (Å²) in [6.45, 7) is 2.41. The van der Waals surface area contributed by atoms with E-state index in [4.69, 9.17) is 0 Å². The highest BCUT2D eigenvalue weighted by atomic mass is 32.2. The predicted molar refractivity (Wildman–Crippen MR) is 123 cm³/mol. The molecule has 1 atom stereocenters. The number of fused-ring (bicyclic) bond motifs is 2. The van der Waals surface area contributed by atoms with Crippen LogP contribution in [0.5, 0.6) is 0 Å². The monoisotopic (exact) mass is 417 g/mol. The summed E-state index contributed by atoms with van der Waals surface area (Å²) in [6.07, 6.45) is 0.781. The minimum atomic E-state index is -0.364. The number of hydrogen-bond donors (Lipinski definition) is 1. The van der Waals surface area contributed by atoms with Gasteiger partial charge in [-0.25, -0.2) is 4.98 Å². The van der Waals surface area contributed by atoms with Crippen LogP contribution >= 0.6 is 11.8 Å². The Balaban J connectivity index is 1.51. The van der Waals surface area contributed by atoms with Gasteiger partial charge in [-0.2, -0.15) is 0 Å². The molecule has 4 rings (SSSR count). The Labute approximate surface area is 179 Å². The molecule has 0 radical (unpaired) electrons. The van der Waals surface area contributed by atoms with E-state index < -0.39 is 0 Å². The van der Waals surface area contributed by atoms with Gasteiger partial charge >= 0.3 is 0 Å². The fourth-order valence-electron chi connectivity index (χ4n) is 3.37. The number of aromatic nitrogens is 2. The van der Waals surface area contributed by atoms with Gasteiger partial charge in [-0.3, -0.25) is 14.2 Å². The van der Waals surface area contributed by atoms with Crippen molar-refractivity contribution in [3.05, 3.63) is 82.6 Å². The van der Waals surface area contributed by atoms with Crippen molar-refractivity contribution in [2.45, 2.75) is 23.8 Å². The van der Waals surface area contributed by atoms with Crippen LogP contribution in [0.1, 0.15) is 12.5 Å². The zero-order chi connectivity index (χ0) is 21.1. The maximum atomic E-state index is 12.9. The van der Waals surface area contributed by atoms with E-state index in [0.29, 0.717) is 22.6 Å². The van der Waals surface area contributed by atoms with Crippen LogP contribution < -0.4 is 10.9 Å². The second kappa shape index (κ2) is 8.71. The van der Waals surface area contributed by atoms with E-state index in [2.05, 4.69) is 10.3 Å². The summed E-state index contributed by atoms with van der Waals surface area (Å²) < 4.78 is 1.52. The first kappa shape index (κ1) is 20.2. The second-order valence-corrected chi connectivity index (χ2v) is 8.57. The molecular weight excluding hydrogens is 394 g/mol. The Morgan fingerprint density at radius 2 is 1.73 bits per heavy atom. The Bertz CT molecular complexity index is 1270. The zero-order valence-electron chi connectivity index (χ0n) is 17.0. The summed E-state index contributed by atoms with van der Waals surface area (Å²) in [4.78, 5) is 30.1. The first-order valence-electron chi connectivity index (χ1n) is 9.91. The number of nitrogens with one attached hydrogen (secondary N) is 1. The van der Waals surface area contributed by atoms with Crippen LogP contribution in [0.15, 0.2) is 76.7 Å². The van der Waals surface area contributed by atoms with Gasteiger partial charge in [0.2, 0.25) is 5.91 Å². The number of carbonyl (C=O) groups excluding carboxylic acids is 1. The molecule has 0 saturated carbocycles. The van der Waals surface area contributed by atoms with E-state index in [1.807, 2.05) is 73.7 Å². The molecule has 152 valence electrons. The van der Waals surface area contributed by atoms with Crippen molar-refractivity contribution in [3.8, 4) is 0 Å². The molecule has 5 nitrogen and oxygen atoms in total. The largest absolute Gasteiger partial charge is 0.355 e. The molecule has 1 amide bonds. The van der Waals surface area contributed by atoms with Crippen LogP contribution in [0.4, 0.5) is 0 Å². The van der Waals surface area contributed by atoms with Gasteiger partial charge in [-0.1, -0.05) is 66.4 Å². The quantitative estimate of drug-likeness (QED) is 0.293. The van der Waals surface area contributed by atoms with Crippen molar-refractivity contribution >= 4 is 39.3 Å². The van der Waals surface area contributed by atoms with Gasteiger partial charge in [-0.15, -0.1) is 0 Å². The molecule has 0 aliphatic rings. The molecule has 0 saturated heterocycles. The average molecular weight is 418 g/mol. The topological polar surface area (TPSA) is 64.0 Å². The Kier molecular flexibility index (Phi) is 5.86. The molecule has 0 bridgehead atoms. The fourth-order valence-corrected chi connectivity index (χ4v) is 4.27. The average Bonchev–Trinajstić information content (AvgIpc) is 2.77. The third-order valence-corrected chi connectivity index (χ3v) is 6.25. The molecule has 1 N–H and O–H groups in total. The third-order valence-electron chi connectivity index (χ3n) is 5.11. The number of thioether (sulfide) groups is 1. The first-order chi connectivity index (χ1) is 14.5. The zero-order valence-corrected chi connectivity index (χ0v) is 17.8. The highest BCUT2D eigenvalue weighted by molar-refractivity contribution is 8.00. The number of benzene rings is 3. The molecule has 0 fully saturated rings. The van der Waals surface area contributed by atoms with Crippen molar-refractivity contribution in [1.29, 1.82) is 0 Å². The van der Waals surface area contributed by atoms with E-state index >= 15 is 0 Å². The van der Waals surface area contributed by atoms with Crippen LogP contribution in [0.2, 0.25) is 0 Å². The van der Waals surface area contributed by atoms with Gasteiger partial charge in [0.1, 0.15) is 0 Å². The molecule has 4 aromatic rings. The number of carbonyl (C=O) groups is 1. The van der Waals surface area contributed by atoms with Crippen molar-refractivity contribution in [1.82, 2.24) is 14.9 Å². The normalized spacial score (nSPS) is 12.2. The third kappa shape index (κ3) is 4.24. The molecular formula is C24H23N3O2S. The maximum absolute atomic E-state index is 12.9. The van der Waals surface area contributed by atoms with Crippen LogP contribution in [0, 0.1) is 0 Å². The van der Waals surface area contributed by atoms with E-state index in [-0.39, 0.29) is 16.7 Å². The minimum absolute atomic E-state index is 0.0659. The number of nitrogens with zero attached hydrogens (tertiary/aromatic N) is 2. The summed E-state index contributed by atoms with van der Waals surface area (Å²) in [6, 6.07) is 21.8. The fraction of sp³-hybridized carbons (Fsp3) is 0.208. The van der Waals surface area contributed by atoms with Crippen LogP contribution in [-0.2, 0) is 18.3 Å². The first-order valence-corrected chi connectivity index (χ1v) is 10.8. The number of hydrogen-bond acceptors (Lipinski definition) is 4. The van der Waals surface area contributed by atoms with Gasteiger partial charge < -0.3 is 5.32 Å². The van der Waals surface area contributed by atoms with Gasteiger partial charge in [0.25, 0.3) is 5.56 Å². The summed E-state index contributed by atoms with van der Waals surface area (Å²) in [5.74, 6) is -0.0659. The highest BCUT2D eigenvalue weighted by Gasteiger charge is 2.18. The number of rotatable bonds is 6. The molecule has 0 aliphatic carbocycles. The Morgan fingerprint density at radius 3 is 2.47 bits per heavy atom. The summed E-state index contributed by atoms with van der Waals surface area (Å²) in [5.41, 5.74) is 1.73. The van der Waals surface area contributed by atoms with Crippen molar-refractivity contribution < 1.29 is 4.79 Å². The van der Waals surface area contributed by atoms with Gasteiger partial charge in [-0.05, 0) is 41.8 Å². The van der Waals surface area contributed by atoms with Crippen LogP contribution in [-0.4, -0.2) is 27.3 Å². The smallest absolute Gasteiger partial charge is 0.261 e. The van der Waals surface area contributed by atoms with Crippen LogP contribution in [0.25, 0.3) is 21.7 Å². The van der Waals surface area contributed by atoms with Gasteiger partial charge in [0, 0.05) is 13.6 Å². The molecule has 30 heavy (non-hydrogen) atoms. The number of amides is 1. The van der Waals surface area contributed by atoms with E-state index in [9.17, 15) is 9.59 Å². The Morgan fingerprint density at radius 1 is 1.07 bits per heavy atom. The SMILES string of the molecule is C[C@H](Sc1nc2cc3ccccc3cc2c(=O)n1C)C(=O)NCCc1ccccc1. The van der Waals surface area contributed by atoms with Crippen molar-refractivity contribution in [2.75, 3.05) is 6.54 Å². The van der Waals surface area contributed by atoms with E-state index in [0.717, 1.165) is 17.2 Å². The molecule has 0 unspecified atom stereocenters. The lowest BCUT2D eigenvalue weighted by atomic mass is 10.1. The molecule has 1 heterocycles. The molecule has 3 aromatic carbocycles. The highest BCUT2D eigenvalue weighted by Crippen LogP contribution is 2.24. The van der Waals surface area contributed by atoms with Crippen molar-refractivity contribution in [2.24, 2.45) is 7.05 Å². The second-order valence-electron chi connectivity index (χ2n) is 7.26. The molecule has 0 aliphatic heterocycles. The predicted octanol–water partition coefficient (Wildman–Crippen LogP) is 3.93. The summed E-state index contributed by atoms with van der Waals surface area (Å²) in [7, 11) is 1.70. The minimum Gasteiger partial charge on any atom is -0.355 e. The van der Waals surface area contributed by atoms with E-state index in [1.165, 1.54) is 21.9 Å².